The molecule has 5 aromatic rings. The van der Waals surface area contributed by atoms with E-state index in [4.69, 9.17) is 4.42 Å². The Morgan fingerprint density at radius 2 is 1.93 bits per heavy atom. The van der Waals surface area contributed by atoms with E-state index in [1.54, 1.807) is 41.5 Å². The van der Waals surface area contributed by atoms with E-state index in [2.05, 4.69) is 15.3 Å². The normalized spacial score (nSPS) is 12.1. The van der Waals surface area contributed by atoms with E-state index < -0.39 is 9.84 Å². The first-order chi connectivity index (χ1) is 14.0. The highest BCUT2D eigenvalue weighted by molar-refractivity contribution is 7.91. The van der Waals surface area contributed by atoms with Crippen molar-refractivity contribution in [2.24, 2.45) is 0 Å². The van der Waals surface area contributed by atoms with Gasteiger partial charge in [-0.2, -0.15) is 4.52 Å². The fourth-order valence-electron chi connectivity index (χ4n) is 3.10. The molecule has 0 aliphatic heterocycles. The number of thiophene rings is 1. The van der Waals surface area contributed by atoms with Crippen molar-refractivity contribution >= 4 is 48.7 Å². The summed E-state index contributed by atoms with van der Waals surface area (Å²) in [5.74, 6) is 1.16. The maximum absolute atomic E-state index is 13.2. The van der Waals surface area contributed by atoms with Gasteiger partial charge in [-0.05, 0) is 36.6 Å². The first kappa shape index (κ1) is 17.8. The lowest BCUT2D eigenvalue weighted by molar-refractivity contribution is 0.569. The average molecular weight is 425 g/mol. The van der Waals surface area contributed by atoms with Crippen molar-refractivity contribution in [1.29, 1.82) is 0 Å². The van der Waals surface area contributed by atoms with E-state index in [0.29, 0.717) is 11.7 Å². The molecule has 0 saturated heterocycles. The zero-order valence-electron chi connectivity index (χ0n) is 15.5. The van der Waals surface area contributed by atoms with E-state index in [1.165, 1.54) is 15.9 Å². The van der Waals surface area contributed by atoms with Gasteiger partial charge in [-0.1, -0.05) is 22.9 Å². The molecule has 0 fully saturated rings. The van der Waals surface area contributed by atoms with Crippen LogP contribution in [0.5, 0.6) is 0 Å². The number of anilines is 2. The lowest BCUT2D eigenvalue weighted by atomic mass is 10.2. The van der Waals surface area contributed by atoms with Crippen LogP contribution in [0.1, 0.15) is 5.56 Å². The summed E-state index contributed by atoms with van der Waals surface area (Å²) in [6, 6.07) is 12.1. The Kier molecular flexibility index (Phi) is 3.93. The third-order valence-electron chi connectivity index (χ3n) is 4.64. The monoisotopic (exact) mass is 425 g/mol. The number of rotatable bonds is 4. The maximum atomic E-state index is 13.2. The zero-order chi connectivity index (χ0) is 20.2. The fraction of sp³-hybridized carbons (Fsp3) is 0.105. The molecule has 1 aromatic carbocycles. The van der Waals surface area contributed by atoms with Gasteiger partial charge in [0, 0.05) is 13.1 Å². The van der Waals surface area contributed by atoms with Gasteiger partial charge in [0.05, 0.1) is 21.4 Å². The molecule has 0 bridgehead atoms. The van der Waals surface area contributed by atoms with Gasteiger partial charge in [0.25, 0.3) is 0 Å². The molecule has 4 heterocycles. The average Bonchev–Trinajstić information content (AvgIpc) is 3.46. The lowest BCUT2D eigenvalue weighted by Gasteiger charge is -2.16. The molecular weight excluding hydrogens is 410 g/mol. The first-order valence-corrected chi connectivity index (χ1v) is 11.0. The predicted molar refractivity (Wildman–Crippen MR) is 110 cm³/mol. The van der Waals surface area contributed by atoms with Gasteiger partial charge in [-0.15, -0.1) is 16.4 Å². The van der Waals surface area contributed by atoms with E-state index in [0.717, 1.165) is 15.8 Å². The Labute approximate surface area is 169 Å². The molecule has 0 spiro atoms. The van der Waals surface area contributed by atoms with Crippen molar-refractivity contribution in [3.05, 3.63) is 59.7 Å². The number of benzene rings is 1. The van der Waals surface area contributed by atoms with Crippen molar-refractivity contribution in [2.75, 3.05) is 11.9 Å². The molecule has 5 rings (SSSR count). The fourth-order valence-corrected chi connectivity index (χ4v) is 5.23. The van der Waals surface area contributed by atoms with Crippen molar-refractivity contribution in [3.8, 4) is 0 Å². The van der Waals surface area contributed by atoms with Gasteiger partial charge in [0.1, 0.15) is 0 Å². The smallest absolute Gasteiger partial charge is 0.229 e. The Bertz CT molecular complexity index is 1430. The molecule has 4 aromatic heterocycles. The summed E-state index contributed by atoms with van der Waals surface area (Å²) >= 11 is 1.49. The molecule has 146 valence electrons. The molecule has 0 radical (unpaired) electrons. The molecule has 0 saturated carbocycles. The minimum atomic E-state index is -3.88. The highest BCUT2D eigenvalue weighted by Crippen LogP contribution is 2.35. The summed E-state index contributed by atoms with van der Waals surface area (Å²) in [7, 11) is -2.07. The third kappa shape index (κ3) is 2.71. The second-order valence-corrected chi connectivity index (χ2v) is 9.31. The van der Waals surface area contributed by atoms with Gasteiger partial charge in [-0.25, -0.2) is 13.4 Å². The maximum Gasteiger partial charge on any atom is 0.229 e. The molecule has 0 unspecified atom stereocenters. The van der Waals surface area contributed by atoms with E-state index in [1.807, 2.05) is 31.5 Å². The minimum Gasteiger partial charge on any atom is -0.448 e. The molecule has 10 heteroatoms. The first-order valence-electron chi connectivity index (χ1n) is 8.68. The molecule has 0 aliphatic carbocycles. The molecular formula is C19H15N5O3S2. The van der Waals surface area contributed by atoms with Gasteiger partial charge in [-0.3, -0.25) is 4.90 Å². The van der Waals surface area contributed by atoms with Crippen LogP contribution in [0.3, 0.4) is 0 Å². The van der Waals surface area contributed by atoms with E-state index in [9.17, 15) is 8.42 Å². The topological polar surface area (TPSA) is 93.6 Å². The summed E-state index contributed by atoms with van der Waals surface area (Å²) < 4.78 is 34.2. The number of aryl methyl sites for hydroxylation is 1. The summed E-state index contributed by atoms with van der Waals surface area (Å²) in [5.41, 5.74) is 1.87. The number of nitrogens with zero attached hydrogens (tertiary/aromatic N) is 5. The number of furan rings is 1. The van der Waals surface area contributed by atoms with Crippen LogP contribution >= 0.6 is 11.3 Å². The molecule has 0 amide bonds. The number of fused-ring (bicyclic) bond motifs is 3. The van der Waals surface area contributed by atoms with Gasteiger partial charge in [0.2, 0.25) is 20.7 Å². The number of aromatic nitrogens is 4. The standard InChI is InChI=1S/C19H15N5O3S2/c1-12-5-7-13(8-6-12)29(25,26)19-18-20-17(23(2)15-4-3-10-27-15)16-14(9-11-28-16)24(18)22-21-19/h3-11H,1-2H3. The quantitative estimate of drug-likeness (QED) is 0.432. The van der Waals surface area contributed by atoms with Crippen LogP contribution in [0.2, 0.25) is 0 Å². The van der Waals surface area contributed by atoms with Gasteiger partial charge in [0.15, 0.2) is 11.5 Å². The van der Waals surface area contributed by atoms with Crippen LogP contribution < -0.4 is 4.90 Å². The van der Waals surface area contributed by atoms with Crippen molar-refractivity contribution in [1.82, 2.24) is 19.8 Å². The van der Waals surface area contributed by atoms with Crippen LogP contribution in [0, 0.1) is 6.92 Å². The molecule has 8 nitrogen and oxygen atoms in total. The van der Waals surface area contributed by atoms with Crippen LogP contribution in [0.25, 0.3) is 15.9 Å². The minimum absolute atomic E-state index is 0.152. The summed E-state index contributed by atoms with van der Waals surface area (Å²) in [4.78, 5) is 6.56. The highest BCUT2D eigenvalue weighted by atomic mass is 32.2. The zero-order valence-corrected chi connectivity index (χ0v) is 17.1. The van der Waals surface area contributed by atoms with Crippen molar-refractivity contribution < 1.29 is 12.8 Å². The number of hydrogen-bond acceptors (Lipinski definition) is 8. The second kappa shape index (κ2) is 6.39. The molecule has 0 aliphatic rings. The van der Waals surface area contributed by atoms with Crippen LogP contribution in [-0.2, 0) is 9.84 Å². The molecule has 29 heavy (non-hydrogen) atoms. The third-order valence-corrected chi connectivity index (χ3v) is 7.21. The predicted octanol–water partition coefficient (Wildman–Crippen LogP) is 3.84. The van der Waals surface area contributed by atoms with Crippen molar-refractivity contribution in [3.63, 3.8) is 0 Å². The van der Waals surface area contributed by atoms with E-state index >= 15 is 0 Å². The number of hydrogen-bond donors (Lipinski definition) is 0. The van der Waals surface area contributed by atoms with Gasteiger partial charge >= 0.3 is 0 Å². The second-order valence-electron chi connectivity index (χ2n) is 6.53. The van der Waals surface area contributed by atoms with Crippen LogP contribution in [0.15, 0.2) is 68.4 Å². The Morgan fingerprint density at radius 1 is 1.14 bits per heavy atom. The molecule has 0 N–H and O–H groups in total. The lowest BCUT2D eigenvalue weighted by Crippen LogP contribution is -2.12. The SMILES string of the molecule is Cc1ccc(S(=O)(=O)c2nnn3c2nc(N(C)c2ccco2)c2sccc23)cc1. The highest BCUT2D eigenvalue weighted by Gasteiger charge is 2.28. The molecule has 0 atom stereocenters. The number of sulfone groups is 1. The summed E-state index contributed by atoms with van der Waals surface area (Å²) in [5, 5.41) is 9.79. The summed E-state index contributed by atoms with van der Waals surface area (Å²) in [6.07, 6.45) is 1.57. The van der Waals surface area contributed by atoms with Crippen LogP contribution in [0.4, 0.5) is 11.7 Å². The van der Waals surface area contributed by atoms with Crippen LogP contribution in [-0.4, -0.2) is 35.3 Å². The van der Waals surface area contributed by atoms with Gasteiger partial charge < -0.3 is 4.42 Å². The Balaban J connectivity index is 1.77. The Hall–Kier alpha value is -3.24. The summed E-state index contributed by atoms with van der Waals surface area (Å²) in [6.45, 7) is 1.90. The van der Waals surface area contributed by atoms with E-state index in [-0.39, 0.29) is 15.6 Å². The van der Waals surface area contributed by atoms with Crippen molar-refractivity contribution in [2.45, 2.75) is 16.8 Å². The Morgan fingerprint density at radius 3 is 2.66 bits per heavy atom. The largest absolute Gasteiger partial charge is 0.448 e.